The van der Waals surface area contributed by atoms with E-state index in [9.17, 15) is 4.79 Å². The minimum atomic E-state index is -0.187. The third-order valence-electron chi connectivity index (χ3n) is 6.43. The molecule has 2 aliphatic carbocycles. The zero-order valence-electron chi connectivity index (χ0n) is 13.9. The van der Waals surface area contributed by atoms with Crippen LogP contribution in [-0.4, -0.2) is 29.1 Å². The fourth-order valence-electron chi connectivity index (χ4n) is 5.01. The topological polar surface area (TPSA) is 32.3 Å². The number of hydrogen-bond acceptors (Lipinski definition) is 2. The van der Waals surface area contributed by atoms with E-state index in [2.05, 4.69) is 24.1 Å². The van der Waals surface area contributed by atoms with Crippen molar-refractivity contribution in [2.24, 2.45) is 5.41 Å². The van der Waals surface area contributed by atoms with Crippen molar-refractivity contribution in [3.05, 3.63) is 0 Å². The summed E-state index contributed by atoms with van der Waals surface area (Å²) in [6.45, 7) is 5.55. The smallest absolute Gasteiger partial charge is 0.244 e. The molecule has 1 unspecified atom stereocenters. The van der Waals surface area contributed by atoms with Crippen LogP contribution in [0.4, 0.5) is 0 Å². The lowest BCUT2D eigenvalue weighted by molar-refractivity contribution is -0.134. The van der Waals surface area contributed by atoms with Crippen LogP contribution in [0.5, 0.6) is 0 Å². The molecule has 1 spiro atoms. The van der Waals surface area contributed by atoms with Crippen LogP contribution >= 0.6 is 0 Å². The molecule has 0 aromatic carbocycles. The van der Waals surface area contributed by atoms with Gasteiger partial charge < -0.3 is 4.90 Å². The number of nitrogens with one attached hydrogen (secondary N) is 1. The van der Waals surface area contributed by atoms with E-state index in [1.54, 1.807) is 0 Å². The highest BCUT2D eigenvalue weighted by Gasteiger charge is 2.53. The Morgan fingerprint density at radius 2 is 1.71 bits per heavy atom. The van der Waals surface area contributed by atoms with Crippen LogP contribution in [0.25, 0.3) is 0 Å². The molecule has 1 aliphatic heterocycles. The van der Waals surface area contributed by atoms with Gasteiger partial charge in [-0.15, -0.1) is 0 Å². The number of amides is 1. The van der Waals surface area contributed by atoms with Crippen molar-refractivity contribution in [1.82, 2.24) is 10.2 Å². The lowest BCUT2D eigenvalue weighted by Gasteiger charge is -2.35. The van der Waals surface area contributed by atoms with Crippen molar-refractivity contribution in [3.63, 3.8) is 0 Å². The summed E-state index contributed by atoms with van der Waals surface area (Å²) in [5.41, 5.74) is 0.223. The van der Waals surface area contributed by atoms with E-state index in [1.807, 2.05) is 0 Å². The molecule has 3 heteroatoms. The molecule has 1 saturated heterocycles. The molecular weight excluding hydrogens is 260 g/mol. The molecular formula is C18H32N2O. The Balaban J connectivity index is 1.79. The lowest BCUT2D eigenvalue weighted by atomic mass is 9.82. The predicted octanol–water partition coefficient (Wildman–Crippen LogP) is 3.83. The van der Waals surface area contributed by atoms with Gasteiger partial charge in [0.1, 0.15) is 0 Å². The maximum Gasteiger partial charge on any atom is 0.244 e. The van der Waals surface area contributed by atoms with E-state index >= 15 is 0 Å². The van der Waals surface area contributed by atoms with Gasteiger partial charge in [-0.3, -0.25) is 10.1 Å². The Kier molecular flexibility index (Phi) is 4.31. The summed E-state index contributed by atoms with van der Waals surface area (Å²) in [4.78, 5) is 15.4. The molecule has 1 atom stereocenters. The molecule has 3 rings (SSSR count). The van der Waals surface area contributed by atoms with E-state index in [-0.39, 0.29) is 5.54 Å². The van der Waals surface area contributed by atoms with Crippen molar-refractivity contribution in [2.45, 2.75) is 96.2 Å². The van der Waals surface area contributed by atoms with Crippen molar-refractivity contribution < 1.29 is 4.79 Å². The molecule has 0 radical (unpaired) electrons. The fraction of sp³-hybridized carbons (Fsp3) is 0.944. The molecule has 3 nitrogen and oxygen atoms in total. The second-order valence-corrected chi connectivity index (χ2v) is 7.73. The lowest BCUT2D eigenvalue weighted by Crippen LogP contribution is -2.45. The number of hydrogen-bond donors (Lipinski definition) is 1. The highest BCUT2D eigenvalue weighted by atomic mass is 16.2. The molecule has 1 N–H and O–H groups in total. The largest absolute Gasteiger partial charge is 0.325 e. The van der Waals surface area contributed by atoms with Gasteiger partial charge >= 0.3 is 0 Å². The van der Waals surface area contributed by atoms with Gasteiger partial charge in [-0.2, -0.15) is 0 Å². The first-order valence-electron chi connectivity index (χ1n) is 9.23. The average molecular weight is 292 g/mol. The first kappa shape index (κ1) is 15.3. The van der Waals surface area contributed by atoms with Crippen molar-refractivity contribution >= 4 is 5.91 Å². The molecule has 3 aliphatic rings. The molecule has 0 bridgehead atoms. The van der Waals surface area contributed by atoms with E-state index < -0.39 is 0 Å². The van der Waals surface area contributed by atoms with E-state index in [0.717, 1.165) is 32.2 Å². The summed E-state index contributed by atoms with van der Waals surface area (Å²) in [5.74, 6) is 0.429. The Hall–Kier alpha value is -0.570. The minimum Gasteiger partial charge on any atom is -0.325 e. The first-order valence-corrected chi connectivity index (χ1v) is 9.23. The van der Waals surface area contributed by atoms with Gasteiger partial charge in [0.05, 0.1) is 11.7 Å². The van der Waals surface area contributed by atoms with E-state index in [4.69, 9.17) is 0 Å². The van der Waals surface area contributed by atoms with Crippen molar-refractivity contribution in [3.8, 4) is 0 Å². The van der Waals surface area contributed by atoms with E-state index in [1.165, 1.54) is 44.9 Å². The Labute approximate surface area is 129 Å². The summed E-state index contributed by atoms with van der Waals surface area (Å²) >= 11 is 0. The molecule has 3 fully saturated rings. The van der Waals surface area contributed by atoms with Gasteiger partial charge in [-0.25, -0.2) is 0 Å². The second-order valence-electron chi connectivity index (χ2n) is 7.73. The quantitative estimate of drug-likeness (QED) is 0.835. The van der Waals surface area contributed by atoms with Gasteiger partial charge in [0.25, 0.3) is 0 Å². The number of carbonyl (C=O) groups is 1. The van der Waals surface area contributed by atoms with Crippen LogP contribution in [0.2, 0.25) is 0 Å². The highest BCUT2D eigenvalue weighted by Crippen LogP contribution is 2.44. The number of nitrogens with zero attached hydrogens (tertiary/aromatic N) is 1. The Morgan fingerprint density at radius 1 is 1.10 bits per heavy atom. The molecule has 0 aromatic rings. The number of carbonyl (C=O) groups excluding carboxylic acids is 1. The second kappa shape index (κ2) is 5.91. The molecule has 2 saturated carbocycles. The summed E-state index contributed by atoms with van der Waals surface area (Å²) in [5, 5.41) is 3.76. The zero-order chi connectivity index (χ0) is 14.9. The van der Waals surface area contributed by atoms with Crippen LogP contribution in [0.15, 0.2) is 0 Å². The third kappa shape index (κ3) is 2.62. The monoisotopic (exact) mass is 292 g/mol. The van der Waals surface area contributed by atoms with Gasteiger partial charge in [0.2, 0.25) is 5.91 Å². The Bertz CT molecular complexity index is 381. The molecule has 1 heterocycles. The van der Waals surface area contributed by atoms with Crippen LogP contribution in [0.1, 0.15) is 84.5 Å². The maximum absolute atomic E-state index is 13.1. The standard InChI is InChI=1S/C18H32N2O/c1-3-9-15-19-18(12-7-8-13-18)16(21)20(15)14-17(4-2)10-5-6-11-17/h15,19H,3-14H2,1-2H3. The molecule has 120 valence electrons. The zero-order valence-corrected chi connectivity index (χ0v) is 13.9. The summed E-state index contributed by atoms with van der Waals surface area (Å²) in [6.07, 6.45) is 13.7. The van der Waals surface area contributed by atoms with E-state index in [0.29, 0.717) is 17.5 Å². The molecule has 21 heavy (non-hydrogen) atoms. The summed E-state index contributed by atoms with van der Waals surface area (Å²) < 4.78 is 0. The SMILES string of the molecule is CCCC1NC2(CCCC2)C(=O)N1CC1(CC)CCCC1. The predicted molar refractivity (Wildman–Crippen MR) is 85.9 cm³/mol. The molecule has 1 amide bonds. The van der Waals surface area contributed by atoms with Gasteiger partial charge in [-0.05, 0) is 43.9 Å². The van der Waals surface area contributed by atoms with Gasteiger partial charge in [0.15, 0.2) is 0 Å². The first-order chi connectivity index (χ1) is 10.1. The maximum atomic E-state index is 13.1. The average Bonchev–Trinajstić information content (AvgIpc) is 3.19. The molecule has 0 aromatic heterocycles. The van der Waals surface area contributed by atoms with Crippen LogP contribution < -0.4 is 5.32 Å². The van der Waals surface area contributed by atoms with Crippen molar-refractivity contribution in [1.29, 1.82) is 0 Å². The minimum absolute atomic E-state index is 0.187. The summed E-state index contributed by atoms with van der Waals surface area (Å²) in [6, 6.07) is 0. The number of rotatable bonds is 5. The van der Waals surface area contributed by atoms with Crippen LogP contribution in [-0.2, 0) is 4.79 Å². The Morgan fingerprint density at radius 3 is 2.29 bits per heavy atom. The third-order valence-corrected chi connectivity index (χ3v) is 6.43. The highest BCUT2D eigenvalue weighted by molar-refractivity contribution is 5.89. The van der Waals surface area contributed by atoms with Crippen molar-refractivity contribution in [2.75, 3.05) is 6.54 Å². The van der Waals surface area contributed by atoms with Gasteiger partial charge in [0, 0.05) is 6.54 Å². The normalized spacial score (nSPS) is 30.7. The van der Waals surface area contributed by atoms with Crippen LogP contribution in [0, 0.1) is 5.41 Å². The summed E-state index contributed by atoms with van der Waals surface area (Å²) in [7, 11) is 0. The fourth-order valence-corrected chi connectivity index (χ4v) is 5.01. The van der Waals surface area contributed by atoms with Gasteiger partial charge in [-0.1, -0.05) is 46.0 Å². The van der Waals surface area contributed by atoms with Crippen LogP contribution in [0.3, 0.4) is 0 Å².